The molecule has 4 heteroatoms. The average Bonchev–Trinajstić information content (AvgIpc) is 2.97. The quantitative estimate of drug-likeness (QED) is 0.850. The van der Waals surface area contributed by atoms with Gasteiger partial charge in [0.15, 0.2) is 5.11 Å². The van der Waals surface area contributed by atoms with Crippen LogP contribution in [0.2, 0.25) is 0 Å². The van der Waals surface area contributed by atoms with Gasteiger partial charge in [0.1, 0.15) is 0 Å². The second-order valence-corrected chi connectivity index (χ2v) is 5.79. The number of hydrogen-bond acceptors (Lipinski definition) is 1. The summed E-state index contributed by atoms with van der Waals surface area (Å²) in [6.45, 7) is 4.99. The van der Waals surface area contributed by atoms with Gasteiger partial charge in [-0.2, -0.15) is 0 Å². The molecule has 110 valence electrons. The van der Waals surface area contributed by atoms with E-state index in [2.05, 4.69) is 58.7 Å². The molecule has 1 aromatic carbocycles. The second kappa shape index (κ2) is 6.31. The number of nitrogens with zero attached hydrogens (tertiary/aromatic N) is 1. The van der Waals surface area contributed by atoms with Gasteiger partial charge in [-0.25, -0.2) is 0 Å². The number of benzene rings is 1. The molecular formula is C17H21N3S. The predicted octanol–water partition coefficient (Wildman–Crippen LogP) is 3.54. The molecule has 0 aliphatic carbocycles. The number of aromatic nitrogens is 1. The highest BCUT2D eigenvalue weighted by molar-refractivity contribution is 7.80. The van der Waals surface area contributed by atoms with Crippen LogP contribution < -0.4 is 5.32 Å². The van der Waals surface area contributed by atoms with Crippen LogP contribution in [0.3, 0.4) is 0 Å². The Hall–Kier alpha value is -1.81. The Labute approximate surface area is 131 Å². The first-order chi connectivity index (χ1) is 10.3. The molecule has 1 aliphatic heterocycles. The van der Waals surface area contributed by atoms with Gasteiger partial charge < -0.3 is 15.2 Å². The van der Waals surface area contributed by atoms with Gasteiger partial charge in [-0.1, -0.05) is 31.2 Å². The smallest absolute Gasteiger partial charge is 0.169 e. The molecule has 0 atom stereocenters. The van der Waals surface area contributed by atoms with E-state index in [1.807, 2.05) is 0 Å². The van der Waals surface area contributed by atoms with Crippen molar-refractivity contribution in [1.29, 1.82) is 0 Å². The van der Waals surface area contributed by atoms with E-state index in [0.717, 1.165) is 37.6 Å². The molecule has 0 unspecified atom stereocenters. The third-order valence-electron chi connectivity index (χ3n) is 3.96. The summed E-state index contributed by atoms with van der Waals surface area (Å²) >= 11 is 5.43. The van der Waals surface area contributed by atoms with E-state index in [9.17, 15) is 0 Å². The highest BCUT2D eigenvalue weighted by atomic mass is 32.1. The largest absolute Gasteiger partial charge is 0.363 e. The van der Waals surface area contributed by atoms with Crippen LogP contribution in [0.1, 0.15) is 25.3 Å². The minimum Gasteiger partial charge on any atom is -0.363 e. The zero-order valence-electron chi connectivity index (χ0n) is 12.4. The summed E-state index contributed by atoms with van der Waals surface area (Å²) in [5, 5.41) is 5.49. The van der Waals surface area contributed by atoms with Crippen molar-refractivity contribution in [3.63, 3.8) is 0 Å². The number of thiocarbonyl (C=S) groups is 1. The maximum absolute atomic E-state index is 5.43. The number of rotatable bonds is 3. The molecule has 21 heavy (non-hydrogen) atoms. The standard InChI is InChI=1S/C17H21N3S/c1-2-9-18-17(21)20-10-7-13(8-11-20)15-12-19-16-6-4-3-5-14(15)16/h3-7,12,19H,2,8-11H2,1H3,(H,18,21). The van der Waals surface area contributed by atoms with Crippen molar-refractivity contribution in [2.75, 3.05) is 19.6 Å². The van der Waals surface area contributed by atoms with Crippen LogP contribution in [0.25, 0.3) is 16.5 Å². The maximum Gasteiger partial charge on any atom is 0.169 e. The number of para-hydroxylation sites is 1. The lowest BCUT2D eigenvalue weighted by molar-refractivity contribution is 0.450. The van der Waals surface area contributed by atoms with Gasteiger partial charge in [-0.05, 0) is 36.7 Å². The van der Waals surface area contributed by atoms with E-state index in [-0.39, 0.29) is 0 Å². The van der Waals surface area contributed by atoms with E-state index in [0.29, 0.717) is 0 Å². The SMILES string of the molecule is CCCNC(=S)N1CC=C(c2c[nH]c3ccccc23)CC1. The van der Waals surface area contributed by atoms with Gasteiger partial charge in [0.25, 0.3) is 0 Å². The molecule has 1 aliphatic rings. The fraction of sp³-hybridized carbons (Fsp3) is 0.353. The van der Waals surface area contributed by atoms with Gasteiger partial charge in [0.05, 0.1) is 0 Å². The molecular weight excluding hydrogens is 278 g/mol. The molecule has 3 nitrogen and oxygen atoms in total. The summed E-state index contributed by atoms with van der Waals surface area (Å²) in [6.07, 6.45) is 6.57. The molecule has 2 N–H and O–H groups in total. The van der Waals surface area contributed by atoms with Gasteiger partial charge in [0.2, 0.25) is 0 Å². The van der Waals surface area contributed by atoms with E-state index >= 15 is 0 Å². The van der Waals surface area contributed by atoms with Crippen molar-refractivity contribution < 1.29 is 0 Å². The second-order valence-electron chi connectivity index (χ2n) is 5.41. The Morgan fingerprint density at radius 2 is 2.24 bits per heavy atom. The van der Waals surface area contributed by atoms with Crippen LogP contribution in [0, 0.1) is 0 Å². The summed E-state index contributed by atoms with van der Waals surface area (Å²) in [4.78, 5) is 5.59. The number of nitrogens with one attached hydrogen (secondary N) is 2. The summed E-state index contributed by atoms with van der Waals surface area (Å²) in [7, 11) is 0. The average molecular weight is 299 g/mol. The van der Waals surface area contributed by atoms with E-state index in [1.54, 1.807) is 0 Å². The van der Waals surface area contributed by atoms with Crippen molar-refractivity contribution in [2.24, 2.45) is 0 Å². The first-order valence-corrected chi connectivity index (χ1v) is 7.98. The Kier molecular flexibility index (Phi) is 4.25. The lowest BCUT2D eigenvalue weighted by Crippen LogP contribution is -2.42. The normalized spacial score (nSPS) is 15.1. The zero-order valence-corrected chi connectivity index (χ0v) is 13.2. The van der Waals surface area contributed by atoms with Crippen molar-refractivity contribution in [1.82, 2.24) is 15.2 Å². The van der Waals surface area contributed by atoms with E-state index in [4.69, 9.17) is 12.2 Å². The molecule has 0 spiro atoms. The number of aromatic amines is 1. The van der Waals surface area contributed by atoms with Gasteiger partial charge >= 0.3 is 0 Å². The molecule has 1 aromatic heterocycles. The summed E-state index contributed by atoms with van der Waals surface area (Å²) in [6, 6.07) is 8.47. The maximum atomic E-state index is 5.43. The molecule has 2 heterocycles. The molecule has 0 fully saturated rings. The molecule has 0 bridgehead atoms. The van der Waals surface area contributed by atoms with Gasteiger partial charge in [-0.15, -0.1) is 0 Å². The first kappa shape index (κ1) is 14.1. The fourth-order valence-corrected chi connectivity index (χ4v) is 3.05. The minimum atomic E-state index is 0.881. The predicted molar refractivity (Wildman–Crippen MR) is 93.4 cm³/mol. The zero-order chi connectivity index (χ0) is 14.7. The van der Waals surface area contributed by atoms with Crippen LogP contribution in [0.5, 0.6) is 0 Å². The Morgan fingerprint density at radius 3 is 3.00 bits per heavy atom. The highest BCUT2D eigenvalue weighted by Crippen LogP contribution is 2.29. The number of H-pyrrole nitrogens is 1. The van der Waals surface area contributed by atoms with Crippen molar-refractivity contribution in [3.8, 4) is 0 Å². The van der Waals surface area contributed by atoms with Crippen LogP contribution in [0.4, 0.5) is 0 Å². The fourth-order valence-electron chi connectivity index (χ4n) is 2.78. The Balaban J connectivity index is 1.74. The van der Waals surface area contributed by atoms with Gasteiger partial charge in [-0.3, -0.25) is 0 Å². The molecule has 0 amide bonds. The van der Waals surface area contributed by atoms with Crippen molar-refractivity contribution in [3.05, 3.63) is 42.1 Å². The summed E-state index contributed by atoms with van der Waals surface area (Å²) < 4.78 is 0. The van der Waals surface area contributed by atoms with Crippen molar-refractivity contribution in [2.45, 2.75) is 19.8 Å². The number of hydrogen-bond donors (Lipinski definition) is 2. The van der Waals surface area contributed by atoms with Crippen LogP contribution in [-0.4, -0.2) is 34.6 Å². The molecule has 0 saturated heterocycles. The highest BCUT2D eigenvalue weighted by Gasteiger charge is 2.16. The minimum absolute atomic E-state index is 0.881. The Bertz CT molecular complexity index is 671. The van der Waals surface area contributed by atoms with Crippen LogP contribution in [-0.2, 0) is 0 Å². The van der Waals surface area contributed by atoms with Crippen molar-refractivity contribution >= 4 is 33.8 Å². The topological polar surface area (TPSA) is 31.1 Å². The summed E-state index contributed by atoms with van der Waals surface area (Å²) in [5.74, 6) is 0. The third kappa shape index (κ3) is 2.95. The van der Waals surface area contributed by atoms with E-state index in [1.165, 1.54) is 22.0 Å². The molecule has 2 aromatic rings. The third-order valence-corrected chi connectivity index (χ3v) is 4.36. The summed E-state index contributed by atoms with van der Waals surface area (Å²) in [5.41, 5.74) is 3.95. The van der Waals surface area contributed by atoms with E-state index < -0.39 is 0 Å². The van der Waals surface area contributed by atoms with Crippen LogP contribution >= 0.6 is 12.2 Å². The van der Waals surface area contributed by atoms with Crippen LogP contribution in [0.15, 0.2) is 36.5 Å². The number of fused-ring (bicyclic) bond motifs is 1. The molecule has 0 saturated carbocycles. The lowest BCUT2D eigenvalue weighted by atomic mass is 9.99. The monoisotopic (exact) mass is 299 g/mol. The van der Waals surface area contributed by atoms with Gasteiger partial charge in [0, 0.05) is 42.3 Å². The molecule has 3 rings (SSSR count). The molecule has 0 radical (unpaired) electrons. The Morgan fingerprint density at radius 1 is 1.38 bits per heavy atom. The first-order valence-electron chi connectivity index (χ1n) is 7.58. The lowest BCUT2D eigenvalue weighted by Gasteiger charge is -2.29.